The smallest absolute Gasteiger partial charge is 0.0949 e. The molecule has 0 aliphatic heterocycles. The minimum absolute atomic E-state index is 0.0816. The first kappa shape index (κ1) is 45.5. The number of aliphatic hydroxyl groups is 10. The lowest BCUT2D eigenvalue weighted by atomic mass is 9.89. The third-order valence-corrected chi connectivity index (χ3v) is 13.2. The number of hydrogen-bond donors (Lipinski definition) is 10. The molecular weight excluding hydrogens is 700 g/mol. The molecule has 10 nitrogen and oxygen atoms in total. The summed E-state index contributed by atoms with van der Waals surface area (Å²) < 4.78 is 0. The second-order valence-corrected chi connectivity index (χ2v) is 16.9. The van der Waals surface area contributed by atoms with Crippen LogP contribution >= 0.6 is 0 Å². The van der Waals surface area contributed by atoms with Crippen molar-refractivity contribution < 1.29 is 51.1 Å². The van der Waals surface area contributed by atoms with Crippen molar-refractivity contribution in [3.8, 4) is 0 Å². The predicted molar refractivity (Wildman–Crippen MR) is 214 cm³/mol. The molecule has 0 amide bonds. The molecule has 0 radical (unpaired) electrons. The molecule has 10 N–H and O–H groups in total. The standard InChI is InChI=1S/4C9H14O2.C5H6.C4H8O2/c4*10-5-9(11)8-4-6-1-2-7(8)3-6;1-2-4-5-3-1;1-2-4(6)3-5/h4*1-2,6-11H,3-5H2;1-4H,5H2;2,4-6H,1,3H2/t4*6?,7?,8?,9-;;/m1100../s1. The van der Waals surface area contributed by atoms with E-state index in [9.17, 15) is 20.4 Å². The van der Waals surface area contributed by atoms with E-state index in [1.54, 1.807) is 0 Å². The molecule has 0 heterocycles. The van der Waals surface area contributed by atoms with E-state index in [1.807, 2.05) is 0 Å². The van der Waals surface area contributed by atoms with Crippen molar-refractivity contribution >= 4 is 0 Å². The monoisotopic (exact) mass is 770 g/mol. The zero-order valence-electron chi connectivity index (χ0n) is 32.4. The van der Waals surface area contributed by atoms with Crippen molar-refractivity contribution in [2.24, 2.45) is 71.0 Å². The number of aliphatic hydroxyl groups excluding tert-OH is 10. The summed E-state index contributed by atoms with van der Waals surface area (Å²) in [6.07, 6.45) is 34.9. The second kappa shape index (κ2) is 23.3. The molecule has 4 fully saturated rings. The first-order valence-corrected chi connectivity index (χ1v) is 20.7. The fourth-order valence-electron chi connectivity index (χ4n) is 10.1. The maximum Gasteiger partial charge on any atom is 0.0949 e. The van der Waals surface area contributed by atoms with Crippen LogP contribution in [0.15, 0.2) is 85.6 Å². The normalized spacial score (nSPS) is 37.7. The Kier molecular flexibility index (Phi) is 19.2. The van der Waals surface area contributed by atoms with Gasteiger partial charge in [-0.25, -0.2) is 0 Å². The van der Waals surface area contributed by atoms with Crippen LogP contribution in [0.25, 0.3) is 0 Å². The maximum absolute atomic E-state index is 9.40. The van der Waals surface area contributed by atoms with Crippen LogP contribution in [0.2, 0.25) is 0 Å². The van der Waals surface area contributed by atoms with Crippen LogP contribution in [0.1, 0.15) is 57.8 Å². The molecule has 9 aliphatic rings. The summed E-state index contributed by atoms with van der Waals surface area (Å²) in [5.41, 5.74) is 0. The highest BCUT2D eigenvalue weighted by molar-refractivity contribution is 5.14. The molecule has 10 heteroatoms. The van der Waals surface area contributed by atoms with Gasteiger partial charge in [-0.2, -0.15) is 0 Å². The minimum Gasteiger partial charge on any atom is -0.394 e. The fraction of sp³-hybridized carbons (Fsp3) is 0.689. The molecule has 4 saturated carbocycles. The fourth-order valence-corrected chi connectivity index (χ4v) is 10.1. The van der Waals surface area contributed by atoms with Crippen LogP contribution in [-0.4, -0.2) is 115 Å². The van der Waals surface area contributed by atoms with Gasteiger partial charge in [-0.3, -0.25) is 0 Å². The summed E-state index contributed by atoms with van der Waals surface area (Å²) in [6, 6.07) is 0. The summed E-state index contributed by atoms with van der Waals surface area (Å²) in [5, 5.41) is 88.9. The van der Waals surface area contributed by atoms with Crippen molar-refractivity contribution in [1.82, 2.24) is 0 Å². The topological polar surface area (TPSA) is 202 Å². The van der Waals surface area contributed by atoms with Crippen LogP contribution < -0.4 is 0 Å². The highest BCUT2D eigenvalue weighted by atomic mass is 16.3. The van der Waals surface area contributed by atoms with Gasteiger partial charge in [-0.1, -0.05) is 79.0 Å². The van der Waals surface area contributed by atoms with Crippen molar-refractivity contribution in [3.05, 3.63) is 85.6 Å². The Morgan fingerprint density at radius 3 is 0.800 bits per heavy atom. The highest BCUT2D eigenvalue weighted by Crippen LogP contribution is 2.47. The second-order valence-electron chi connectivity index (χ2n) is 16.9. The van der Waals surface area contributed by atoms with Gasteiger partial charge in [-0.05, 0) is 129 Å². The first-order chi connectivity index (χ1) is 26.5. The summed E-state index contributed by atoms with van der Waals surface area (Å²) >= 11 is 0. The molecule has 0 saturated heterocycles. The van der Waals surface area contributed by atoms with E-state index in [0.29, 0.717) is 71.0 Å². The van der Waals surface area contributed by atoms with Gasteiger partial charge in [-0.15, -0.1) is 6.58 Å². The van der Waals surface area contributed by atoms with Gasteiger partial charge in [0.2, 0.25) is 0 Å². The van der Waals surface area contributed by atoms with Crippen LogP contribution in [0.3, 0.4) is 0 Å². The molecule has 55 heavy (non-hydrogen) atoms. The molecule has 310 valence electrons. The van der Waals surface area contributed by atoms with Crippen molar-refractivity contribution in [1.29, 1.82) is 0 Å². The molecule has 9 rings (SSSR count). The Morgan fingerprint density at radius 2 is 0.691 bits per heavy atom. The Balaban J connectivity index is 0.000000150. The van der Waals surface area contributed by atoms with Crippen molar-refractivity contribution in [3.63, 3.8) is 0 Å². The van der Waals surface area contributed by atoms with Gasteiger partial charge in [0.05, 0.1) is 63.6 Å². The summed E-state index contributed by atoms with van der Waals surface area (Å²) in [6.45, 7) is 2.66. The van der Waals surface area contributed by atoms with Crippen LogP contribution in [-0.2, 0) is 0 Å². The number of hydrogen-bond acceptors (Lipinski definition) is 10. The largest absolute Gasteiger partial charge is 0.394 e. The average molecular weight is 771 g/mol. The van der Waals surface area contributed by atoms with E-state index in [0.717, 1.165) is 32.1 Å². The van der Waals surface area contributed by atoms with Crippen molar-refractivity contribution in [2.45, 2.75) is 88.3 Å². The molecule has 13 unspecified atom stereocenters. The molecule has 9 aliphatic carbocycles. The Bertz CT molecular complexity index is 1140. The zero-order valence-corrected chi connectivity index (χ0v) is 32.4. The van der Waals surface area contributed by atoms with Crippen LogP contribution in [0.4, 0.5) is 0 Å². The first-order valence-electron chi connectivity index (χ1n) is 20.7. The van der Waals surface area contributed by atoms with Gasteiger partial charge in [0.15, 0.2) is 0 Å². The molecule has 0 spiro atoms. The Hall–Kier alpha value is -2.22. The van der Waals surface area contributed by atoms with Gasteiger partial charge in [0.25, 0.3) is 0 Å². The number of allylic oxidation sites excluding steroid dienone is 12. The molecule has 0 aromatic heterocycles. The van der Waals surface area contributed by atoms with E-state index in [4.69, 9.17) is 30.6 Å². The summed E-state index contributed by atoms with van der Waals surface area (Å²) in [5.74, 6) is 6.23. The van der Waals surface area contributed by atoms with E-state index >= 15 is 0 Å². The van der Waals surface area contributed by atoms with Gasteiger partial charge < -0.3 is 51.1 Å². The minimum atomic E-state index is -0.745. The molecule has 0 aromatic carbocycles. The van der Waals surface area contributed by atoms with E-state index < -0.39 is 30.5 Å². The maximum atomic E-state index is 9.40. The third kappa shape index (κ3) is 13.2. The van der Waals surface area contributed by atoms with Crippen LogP contribution in [0.5, 0.6) is 0 Å². The lowest BCUT2D eigenvalue weighted by molar-refractivity contribution is 0.0374. The highest BCUT2D eigenvalue weighted by Gasteiger charge is 2.41. The molecule has 17 atom stereocenters. The third-order valence-electron chi connectivity index (χ3n) is 13.2. The van der Waals surface area contributed by atoms with E-state index in [-0.39, 0.29) is 33.0 Å². The quantitative estimate of drug-likeness (QED) is 0.147. The SMILES string of the molecule is C1=CCC=C1.C=CC(O)CO.OC[C@@H](O)C1CC2C=CC1C2.OC[C@@H](O)C1CC2C=CC1C2.OC[C@H](O)C1CC2C=CC1C2.OC[C@H](O)C1CC2C=CC1C2. The summed E-state index contributed by atoms with van der Waals surface area (Å²) in [7, 11) is 0. The van der Waals surface area contributed by atoms with Gasteiger partial charge in [0.1, 0.15) is 0 Å². The average Bonchev–Trinajstić information content (AvgIpc) is 4.07. The Labute approximate surface area is 328 Å². The van der Waals surface area contributed by atoms with E-state index in [1.165, 1.54) is 31.8 Å². The van der Waals surface area contributed by atoms with Gasteiger partial charge >= 0.3 is 0 Å². The lowest BCUT2D eigenvalue weighted by Crippen LogP contribution is -2.27. The molecular formula is C45H70O10. The summed E-state index contributed by atoms with van der Waals surface area (Å²) in [4.78, 5) is 0. The zero-order chi connectivity index (χ0) is 39.9. The lowest BCUT2D eigenvalue weighted by Gasteiger charge is -2.22. The molecule has 8 bridgehead atoms. The number of rotatable bonds is 10. The van der Waals surface area contributed by atoms with E-state index in [2.05, 4.69) is 79.5 Å². The van der Waals surface area contributed by atoms with Gasteiger partial charge in [0, 0.05) is 0 Å². The van der Waals surface area contributed by atoms with Crippen molar-refractivity contribution in [2.75, 3.05) is 33.0 Å². The Morgan fingerprint density at radius 1 is 0.418 bits per heavy atom. The van der Waals surface area contributed by atoms with Crippen LogP contribution in [0, 0.1) is 71.0 Å². The molecule has 0 aromatic rings. The predicted octanol–water partition coefficient (Wildman–Crippen LogP) is 3.24. The number of fused-ring (bicyclic) bond motifs is 8.